The molecule has 106 valence electrons. The molecule has 1 aromatic carbocycles. The summed E-state index contributed by atoms with van der Waals surface area (Å²) in [5.41, 5.74) is 7.31. The van der Waals surface area contributed by atoms with E-state index in [4.69, 9.17) is 5.73 Å². The lowest BCUT2D eigenvalue weighted by atomic mass is 10.1. The first-order valence-electron chi connectivity index (χ1n) is 6.01. The summed E-state index contributed by atoms with van der Waals surface area (Å²) in [5, 5.41) is 2.57. The Morgan fingerprint density at radius 1 is 1.32 bits per heavy atom. The summed E-state index contributed by atoms with van der Waals surface area (Å²) in [6, 6.07) is 5.09. The molecule has 1 amide bonds. The number of alkyl halides is 3. The van der Waals surface area contributed by atoms with Gasteiger partial charge in [-0.15, -0.1) is 0 Å². The summed E-state index contributed by atoms with van der Waals surface area (Å²) in [5.74, 6) is -0.354. The Bertz CT molecular complexity index is 444. The Balaban J connectivity index is 2.38. The summed E-state index contributed by atoms with van der Waals surface area (Å²) >= 11 is 0. The van der Waals surface area contributed by atoms with E-state index in [9.17, 15) is 18.0 Å². The zero-order chi connectivity index (χ0) is 14.5. The van der Waals surface area contributed by atoms with E-state index in [1.165, 1.54) is 0 Å². The van der Waals surface area contributed by atoms with Crippen LogP contribution in [0.25, 0.3) is 0 Å². The van der Waals surface area contributed by atoms with Crippen LogP contribution in [0.3, 0.4) is 0 Å². The van der Waals surface area contributed by atoms with Crippen LogP contribution in [0, 0.1) is 6.92 Å². The number of rotatable bonds is 5. The van der Waals surface area contributed by atoms with Crippen molar-refractivity contribution in [3.05, 3.63) is 29.3 Å². The van der Waals surface area contributed by atoms with Crippen LogP contribution in [0.5, 0.6) is 0 Å². The molecule has 0 radical (unpaired) electrons. The third kappa shape index (κ3) is 5.19. The smallest absolute Gasteiger partial charge is 0.389 e. The van der Waals surface area contributed by atoms with Crippen LogP contribution < -0.4 is 11.1 Å². The van der Waals surface area contributed by atoms with E-state index in [1.54, 1.807) is 25.1 Å². The van der Waals surface area contributed by atoms with Gasteiger partial charge in [0.2, 0.25) is 0 Å². The number of unbranched alkanes of at least 4 members (excludes halogenated alkanes) is 1. The molecule has 6 heteroatoms. The Labute approximate surface area is 110 Å². The van der Waals surface area contributed by atoms with Crippen LogP contribution in [0.4, 0.5) is 18.9 Å². The van der Waals surface area contributed by atoms with Gasteiger partial charge in [0, 0.05) is 18.7 Å². The zero-order valence-electron chi connectivity index (χ0n) is 10.7. The minimum absolute atomic E-state index is 0.00702. The van der Waals surface area contributed by atoms with E-state index in [0.29, 0.717) is 11.3 Å². The summed E-state index contributed by atoms with van der Waals surface area (Å²) < 4.78 is 35.7. The maximum absolute atomic E-state index is 11.9. The molecular weight excluding hydrogens is 257 g/mol. The van der Waals surface area contributed by atoms with E-state index in [0.717, 1.165) is 5.56 Å². The third-order valence-electron chi connectivity index (χ3n) is 2.74. The number of amides is 1. The van der Waals surface area contributed by atoms with Crippen molar-refractivity contribution in [2.75, 3.05) is 12.3 Å². The largest absolute Gasteiger partial charge is 0.398 e. The molecule has 0 spiro atoms. The summed E-state index contributed by atoms with van der Waals surface area (Å²) in [6.45, 7) is 2.00. The lowest BCUT2D eigenvalue weighted by Crippen LogP contribution is -2.25. The topological polar surface area (TPSA) is 55.1 Å². The second-order valence-electron chi connectivity index (χ2n) is 4.36. The molecule has 0 aliphatic rings. The minimum Gasteiger partial charge on any atom is -0.398 e. The van der Waals surface area contributed by atoms with E-state index in [2.05, 4.69) is 5.32 Å². The molecule has 0 aromatic heterocycles. The average Bonchev–Trinajstić information content (AvgIpc) is 2.30. The lowest BCUT2D eigenvalue weighted by molar-refractivity contribution is -0.135. The monoisotopic (exact) mass is 274 g/mol. The number of nitrogens with one attached hydrogen (secondary N) is 1. The van der Waals surface area contributed by atoms with Crippen LogP contribution in [-0.4, -0.2) is 18.6 Å². The Hall–Kier alpha value is -1.72. The van der Waals surface area contributed by atoms with Gasteiger partial charge in [-0.3, -0.25) is 4.79 Å². The number of nitrogen functional groups attached to an aromatic ring is 1. The normalized spacial score (nSPS) is 11.4. The molecule has 19 heavy (non-hydrogen) atoms. The summed E-state index contributed by atoms with van der Waals surface area (Å²) in [4.78, 5) is 11.8. The Morgan fingerprint density at radius 2 is 2.00 bits per heavy atom. The van der Waals surface area contributed by atoms with Gasteiger partial charge >= 0.3 is 6.18 Å². The Morgan fingerprint density at radius 3 is 2.63 bits per heavy atom. The predicted molar refractivity (Wildman–Crippen MR) is 67.8 cm³/mol. The number of benzene rings is 1. The number of halogens is 3. The maximum Gasteiger partial charge on any atom is 0.389 e. The number of hydrogen-bond donors (Lipinski definition) is 2. The quantitative estimate of drug-likeness (QED) is 0.640. The molecule has 1 aromatic rings. The number of para-hydroxylation sites is 1. The lowest BCUT2D eigenvalue weighted by Gasteiger charge is -2.09. The van der Waals surface area contributed by atoms with E-state index < -0.39 is 12.6 Å². The second kappa shape index (κ2) is 6.45. The van der Waals surface area contributed by atoms with Crippen molar-refractivity contribution in [1.29, 1.82) is 0 Å². The van der Waals surface area contributed by atoms with Gasteiger partial charge in [-0.05, 0) is 31.4 Å². The molecule has 3 nitrogen and oxygen atoms in total. The molecule has 3 N–H and O–H groups in total. The molecule has 0 saturated heterocycles. The number of carbonyl (C=O) groups is 1. The fraction of sp³-hybridized carbons (Fsp3) is 0.462. The van der Waals surface area contributed by atoms with Crippen molar-refractivity contribution in [3.63, 3.8) is 0 Å². The highest BCUT2D eigenvalue weighted by Gasteiger charge is 2.25. The highest BCUT2D eigenvalue weighted by Crippen LogP contribution is 2.22. The first kappa shape index (κ1) is 15.3. The zero-order valence-corrected chi connectivity index (χ0v) is 10.7. The molecule has 0 heterocycles. The second-order valence-corrected chi connectivity index (χ2v) is 4.36. The molecule has 0 saturated carbocycles. The van der Waals surface area contributed by atoms with Crippen LogP contribution in [0.2, 0.25) is 0 Å². The van der Waals surface area contributed by atoms with E-state index >= 15 is 0 Å². The first-order chi connectivity index (χ1) is 8.81. The van der Waals surface area contributed by atoms with Crippen molar-refractivity contribution >= 4 is 11.6 Å². The molecular formula is C13H17F3N2O. The van der Waals surface area contributed by atoms with Crippen molar-refractivity contribution < 1.29 is 18.0 Å². The van der Waals surface area contributed by atoms with Crippen LogP contribution in [0.1, 0.15) is 35.2 Å². The SMILES string of the molecule is Cc1cccc(C(=O)NCCCCC(F)(F)F)c1N. The van der Waals surface area contributed by atoms with Crippen molar-refractivity contribution in [2.45, 2.75) is 32.4 Å². The number of anilines is 1. The number of aryl methyl sites for hydroxylation is 1. The number of hydrogen-bond acceptors (Lipinski definition) is 2. The van der Waals surface area contributed by atoms with Crippen LogP contribution in [-0.2, 0) is 0 Å². The van der Waals surface area contributed by atoms with Crippen molar-refractivity contribution in [1.82, 2.24) is 5.32 Å². The van der Waals surface area contributed by atoms with E-state index in [1.807, 2.05) is 0 Å². The summed E-state index contributed by atoms with van der Waals surface area (Å²) in [7, 11) is 0. The highest BCUT2D eigenvalue weighted by atomic mass is 19.4. The maximum atomic E-state index is 11.9. The summed E-state index contributed by atoms with van der Waals surface area (Å²) in [6.07, 6.45) is -4.66. The molecule has 0 unspecified atom stereocenters. The fourth-order valence-electron chi connectivity index (χ4n) is 1.63. The highest BCUT2D eigenvalue weighted by molar-refractivity contribution is 5.99. The minimum atomic E-state index is -4.13. The molecule has 0 fully saturated rings. The van der Waals surface area contributed by atoms with Crippen LogP contribution >= 0.6 is 0 Å². The molecule has 0 bridgehead atoms. The van der Waals surface area contributed by atoms with Crippen LogP contribution in [0.15, 0.2) is 18.2 Å². The van der Waals surface area contributed by atoms with Gasteiger partial charge in [0.15, 0.2) is 0 Å². The van der Waals surface area contributed by atoms with Crippen molar-refractivity contribution in [2.24, 2.45) is 0 Å². The fourth-order valence-corrected chi connectivity index (χ4v) is 1.63. The molecule has 0 aliphatic heterocycles. The predicted octanol–water partition coefficient (Wildman–Crippen LogP) is 3.04. The Kier molecular flexibility index (Phi) is 5.20. The standard InChI is InChI=1S/C13H17F3N2O/c1-9-5-4-6-10(11(9)17)12(19)18-8-3-2-7-13(14,15)16/h4-6H,2-3,7-8,17H2,1H3,(H,18,19). The van der Waals surface area contributed by atoms with Crippen molar-refractivity contribution in [3.8, 4) is 0 Å². The van der Waals surface area contributed by atoms with Gasteiger partial charge in [-0.1, -0.05) is 12.1 Å². The number of nitrogens with two attached hydrogens (primary N) is 1. The average molecular weight is 274 g/mol. The molecule has 0 atom stereocenters. The molecule has 1 rings (SSSR count). The third-order valence-corrected chi connectivity index (χ3v) is 2.74. The number of carbonyl (C=O) groups excluding carboxylic acids is 1. The van der Waals surface area contributed by atoms with Gasteiger partial charge in [-0.2, -0.15) is 13.2 Å². The van der Waals surface area contributed by atoms with Gasteiger partial charge in [-0.25, -0.2) is 0 Å². The van der Waals surface area contributed by atoms with Gasteiger partial charge in [0.1, 0.15) is 0 Å². The van der Waals surface area contributed by atoms with Gasteiger partial charge < -0.3 is 11.1 Å². The van der Waals surface area contributed by atoms with Gasteiger partial charge in [0.25, 0.3) is 5.91 Å². The first-order valence-corrected chi connectivity index (χ1v) is 6.01. The molecule has 0 aliphatic carbocycles. The van der Waals surface area contributed by atoms with Gasteiger partial charge in [0.05, 0.1) is 5.56 Å². The van der Waals surface area contributed by atoms with E-state index in [-0.39, 0.29) is 25.3 Å².